The molecule has 0 spiro atoms. The first kappa shape index (κ1) is 31.4. The highest BCUT2D eigenvalue weighted by Gasteiger charge is 2.58. The number of carbonyl (C=O) groups is 3. The molecule has 45 heavy (non-hydrogen) atoms. The topological polar surface area (TPSA) is 103 Å². The summed E-state index contributed by atoms with van der Waals surface area (Å²) in [4.78, 5) is 47.5. The number of amides is 2. The van der Waals surface area contributed by atoms with E-state index in [1.165, 1.54) is 38.5 Å². The molecule has 10 heteroatoms. The van der Waals surface area contributed by atoms with E-state index in [4.69, 9.17) is 9.47 Å². The minimum Gasteiger partial charge on any atom is -0.444 e. The molecule has 2 N–H and O–H groups in total. The highest BCUT2D eigenvalue weighted by molar-refractivity contribution is 6.20. The minimum atomic E-state index is -0.529. The van der Waals surface area contributed by atoms with Crippen molar-refractivity contribution in [3.8, 4) is 0 Å². The molecule has 0 aromatic rings. The van der Waals surface area contributed by atoms with Crippen molar-refractivity contribution in [3.05, 3.63) is 11.8 Å². The fraction of sp³-hybridized carbons (Fsp3) is 0.857. The van der Waals surface area contributed by atoms with E-state index >= 15 is 0 Å². The van der Waals surface area contributed by atoms with Crippen LogP contribution in [0.5, 0.6) is 0 Å². The number of morpholine rings is 1. The highest BCUT2D eigenvalue weighted by Crippen LogP contribution is 2.50. The number of hydrogen-bond donors (Lipinski definition) is 2. The summed E-state index contributed by atoms with van der Waals surface area (Å²) < 4.78 is 12.7. The van der Waals surface area contributed by atoms with Gasteiger partial charge in [0.2, 0.25) is 0 Å². The van der Waals surface area contributed by atoms with Crippen molar-refractivity contribution >= 4 is 17.8 Å². The number of alkyl carbamates (subject to hydrolysis) is 1. The molecule has 9 unspecified atom stereocenters. The van der Waals surface area contributed by atoms with Crippen molar-refractivity contribution < 1.29 is 23.9 Å². The van der Waals surface area contributed by atoms with Gasteiger partial charge in [-0.05, 0) is 90.6 Å². The van der Waals surface area contributed by atoms with E-state index in [-0.39, 0.29) is 60.1 Å². The first-order valence-corrected chi connectivity index (χ1v) is 18.1. The third-order valence-corrected chi connectivity index (χ3v) is 12.0. The highest BCUT2D eigenvalue weighted by atomic mass is 16.6. The fourth-order valence-electron chi connectivity index (χ4n) is 9.95. The van der Waals surface area contributed by atoms with Gasteiger partial charge in [-0.15, -0.1) is 0 Å². The second-order valence-corrected chi connectivity index (χ2v) is 16.0. The Balaban J connectivity index is 1.10. The van der Waals surface area contributed by atoms with Crippen LogP contribution in [0.25, 0.3) is 0 Å². The Morgan fingerprint density at radius 1 is 0.956 bits per heavy atom. The van der Waals surface area contributed by atoms with Crippen LogP contribution < -0.4 is 10.6 Å². The quantitative estimate of drug-likeness (QED) is 0.433. The van der Waals surface area contributed by atoms with Crippen LogP contribution in [-0.2, 0) is 19.1 Å². The number of ketones is 1. The molecule has 0 radical (unpaired) electrons. The molecule has 7 rings (SSSR count). The molecule has 10 nitrogen and oxygen atoms in total. The van der Waals surface area contributed by atoms with Gasteiger partial charge < -0.3 is 29.9 Å². The van der Waals surface area contributed by atoms with Gasteiger partial charge in [-0.1, -0.05) is 25.7 Å². The van der Waals surface area contributed by atoms with Crippen LogP contribution >= 0.6 is 0 Å². The second kappa shape index (κ2) is 12.8. The maximum absolute atomic E-state index is 14.1. The maximum Gasteiger partial charge on any atom is 0.407 e. The zero-order chi connectivity index (χ0) is 31.3. The predicted molar refractivity (Wildman–Crippen MR) is 170 cm³/mol. The van der Waals surface area contributed by atoms with Crippen molar-refractivity contribution in [3.63, 3.8) is 0 Å². The Morgan fingerprint density at radius 2 is 1.71 bits per heavy atom. The largest absolute Gasteiger partial charge is 0.444 e. The van der Waals surface area contributed by atoms with Crippen LogP contribution in [-0.4, -0.2) is 114 Å². The van der Waals surface area contributed by atoms with Crippen LogP contribution in [0.4, 0.5) is 4.79 Å². The standard InChI is InChI=1S/C35H55N5O5/c1-35(2,3)45-34(43)37-24-12-16-39(20-24)27-11-10-25-30-32(27)44-29-19-23-9-5-4-8-22(23)18-28(29)40(30)21-26(31(25)41)33(42)36-13-17-38-14-6-7-15-38/h21-25,27-30,32H,4-20H2,1-3H3,(H,36,42)(H,37,43). The van der Waals surface area contributed by atoms with Gasteiger partial charge in [0, 0.05) is 50.4 Å². The number of hydrogen-bond acceptors (Lipinski definition) is 8. The molecule has 0 aromatic heterocycles. The summed E-state index contributed by atoms with van der Waals surface area (Å²) in [6.45, 7) is 10.9. The van der Waals surface area contributed by atoms with Crippen LogP contribution in [0.1, 0.15) is 91.4 Å². The lowest BCUT2D eigenvalue weighted by molar-refractivity contribution is -0.210. The van der Waals surface area contributed by atoms with Gasteiger partial charge in [0.1, 0.15) is 5.60 Å². The van der Waals surface area contributed by atoms with Gasteiger partial charge >= 0.3 is 6.09 Å². The predicted octanol–water partition coefficient (Wildman–Crippen LogP) is 3.45. The Kier molecular flexibility index (Phi) is 8.94. The maximum atomic E-state index is 14.1. The van der Waals surface area contributed by atoms with Crippen LogP contribution in [0.15, 0.2) is 11.8 Å². The number of fused-ring (bicyclic) bond motifs is 3. The van der Waals surface area contributed by atoms with Gasteiger partial charge in [-0.3, -0.25) is 14.5 Å². The number of Topliss-reactive ketones (excluding diaryl/α,β-unsaturated/α-hetero) is 1. The van der Waals surface area contributed by atoms with E-state index in [2.05, 4.69) is 25.3 Å². The van der Waals surface area contributed by atoms with E-state index in [1.54, 1.807) is 0 Å². The monoisotopic (exact) mass is 625 g/mol. The van der Waals surface area contributed by atoms with E-state index in [0.29, 0.717) is 24.0 Å². The van der Waals surface area contributed by atoms with Gasteiger partial charge in [-0.2, -0.15) is 0 Å². The van der Waals surface area contributed by atoms with E-state index in [9.17, 15) is 14.4 Å². The van der Waals surface area contributed by atoms with Crippen LogP contribution in [0, 0.1) is 17.8 Å². The summed E-state index contributed by atoms with van der Waals surface area (Å²) in [6.07, 6.45) is 13.9. The number of nitrogens with one attached hydrogen (secondary N) is 2. The Morgan fingerprint density at radius 3 is 2.47 bits per heavy atom. The van der Waals surface area contributed by atoms with Crippen molar-refractivity contribution in [1.82, 2.24) is 25.3 Å². The molecular weight excluding hydrogens is 570 g/mol. The van der Waals surface area contributed by atoms with Gasteiger partial charge in [0.05, 0.1) is 29.9 Å². The van der Waals surface area contributed by atoms with Gasteiger partial charge in [0.15, 0.2) is 5.78 Å². The van der Waals surface area contributed by atoms with E-state index in [1.807, 2.05) is 27.0 Å². The van der Waals surface area contributed by atoms with Gasteiger partial charge in [-0.25, -0.2) is 4.79 Å². The molecule has 2 amide bonds. The Labute approximate surface area is 269 Å². The summed E-state index contributed by atoms with van der Waals surface area (Å²) in [5.74, 6) is 0.991. The first-order valence-electron chi connectivity index (χ1n) is 18.1. The molecule has 0 aromatic carbocycles. The lowest BCUT2D eigenvalue weighted by Gasteiger charge is -2.61. The average molecular weight is 626 g/mol. The Bertz CT molecular complexity index is 1160. The molecule has 3 saturated carbocycles. The lowest BCUT2D eigenvalue weighted by Crippen LogP contribution is -2.71. The van der Waals surface area contributed by atoms with Crippen molar-refractivity contribution in [2.75, 3.05) is 39.3 Å². The molecule has 4 aliphatic heterocycles. The molecule has 9 atom stereocenters. The van der Waals surface area contributed by atoms with E-state index in [0.717, 1.165) is 64.8 Å². The average Bonchev–Trinajstić information content (AvgIpc) is 3.69. The molecule has 250 valence electrons. The zero-order valence-corrected chi connectivity index (χ0v) is 27.7. The summed E-state index contributed by atoms with van der Waals surface area (Å²) in [5, 5.41) is 6.19. The number of carbonyl (C=O) groups excluding carboxylic acids is 3. The third kappa shape index (κ3) is 6.53. The lowest BCUT2D eigenvalue weighted by atomic mass is 9.65. The Hall–Kier alpha value is -2.17. The SMILES string of the molecule is CC(C)(C)OC(=O)NC1CCN(C2CCC3C(=O)C(C(=O)NCCN4CCCC4)=CN4C5CC6CCCCC6CC5OC2C34)C1. The number of ether oxygens (including phenoxy) is 2. The van der Waals surface area contributed by atoms with Crippen LogP contribution in [0.3, 0.4) is 0 Å². The third-order valence-electron chi connectivity index (χ3n) is 12.0. The smallest absolute Gasteiger partial charge is 0.407 e. The van der Waals surface area contributed by atoms with Crippen molar-refractivity contribution in [2.24, 2.45) is 17.8 Å². The molecule has 3 aliphatic carbocycles. The second-order valence-electron chi connectivity index (χ2n) is 16.0. The molecule has 7 aliphatic rings. The van der Waals surface area contributed by atoms with Gasteiger partial charge in [0.25, 0.3) is 5.91 Å². The zero-order valence-electron chi connectivity index (χ0n) is 27.7. The fourth-order valence-corrected chi connectivity index (χ4v) is 9.95. The van der Waals surface area contributed by atoms with Crippen LogP contribution in [0.2, 0.25) is 0 Å². The minimum absolute atomic E-state index is 0.00216. The first-order chi connectivity index (χ1) is 21.6. The summed E-state index contributed by atoms with van der Waals surface area (Å²) >= 11 is 0. The van der Waals surface area contributed by atoms with Crippen molar-refractivity contribution in [2.45, 2.75) is 133 Å². The number of likely N-dealkylation sites (tertiary alicyclic amines) is 2. The summed E-state index contributed by atoms with van der Waals surface area (Å²) in [7, 11) is 0. The summed E-state index contributed by atoms with van der Waals surface area (Å²) in [5.41, 5.74) is -0.178. The molecular formula is C35H55N5O5. The molecule has 6 fully saturated rings. The normalized spacial score (nSPS) is 38.6. The van der Waals surface area contributed by atoms with E-state index < -0.39 is 5.60 Å². The number of rotatable bonds is 6. The molecule has 0 bridgehead atoms. The molecule has 4 heterocycles. The summed E-state index contributed by atoms with van der Waals surface area (Å²) in [6, 6.07) is 0.386. The molecule has 3 saturated heterocycles. The van der Waals surface area contributed by atoms with Crippen molar-refractivity contribution in [1.29, 1.82) is 0 Å². The number of nitrogens with zero attached hydrogens (tertiary/aromatic N) is 3.